The Kier molecular flexibility index (Phi) is 5.32. The number of ether oxygens (including phenoxy) is 1. The summed E-state index contributed by atoms with van der Waals surface area (Å²) in [6.07, 6.45) is 6.68. The van der Waals surface area contributed by atoms with Crippen LogP contribution in [0.25, 0.3) is 22.3 Å². The summed E-state index contributed by atoms with van der Waals surface area (Å²) < 4.78 is 19.9. The Labute approximate surface area is 207 Å². The summed E-state index contributed by atoms with van der Waals surface area (Å²) in [6.45, 7) is 2.58. The molecule has 0 fully saturated rings. The molecular weight excluding hydrogens is 459 g/mol. The summed E-state index contributed by atoms with van der Waals surface area (Å²) in [5.41, 5.74) is 5.16. The fraction of sp³-hybridized carbons (Fsp3) is 0.222. The Balaban J connectivity index is 1.64. The van der Waals surface area contributed by atoms with Crippen LogP contribution in [0.1, 0.15) is 35.3 Å². The summed E-state index contributed by atoms with van der Waals surface area (Å²) in [4.78, 5) is 26.1. The predicted molar refractivity (Wildman–Crippen MR) is 137 cm³/mol. The first-order valence-electron chi connectivity index (χ1n) is 11.9. The number of nitrogens with one attached hydrogen (secondary N) is 4. The SMILES string of the molecule is COc1c(F)cccc1Nc1c2[nH]c3c1C(=O)NC[C@H]3C/C=C\[C@@H](C)Nc1ccc3nccc-2c3n1. The number of H-pyrrole nitrogens is 1. The molecule has 0 aliphatic carbocycles. The van der Waals surface area contributed by atoms with Crippen molar-refractivity contribution >= 4 is 34.1 Å². The minimum atomic E-state index is -0.496. The van der Waals surface area contributed by atoms with E-state index in [2.05, 4.69) is 45.0 Å². The molecule has 2 aliphatic heterocycles. The lowest BCUT2D eigenvalue weighted by atomic mass is 9.93. The van der Waals surface area contributed by atoms with Crippen LogP contribution in [-0.2, 0) is 0 Å². The first-order valence-corrected chi connectivity index (χ1v) is 11.9. The molecule has 36 heavy (non-hydrogen) atoms. The van der Waals surface area contributed by atoms with Gasteiger partial charge in [-0.05, 0) is 43.7 Å². The van der Waals surface area contributed by atoms with Gasteiger partial charge in [-0.1, -0.05) is 18.2 Å². The Morgan fingerprint density at radius 2 is 2.08 bits per heavy atom. The second-order valence-corrected chi connectivity index (χ2v) is 9.04. The van der Waals surface area contributed by atoms with Crippen molar-refractivity contribution in [1.82, 2.24) is 20.3 Å². The van der Waals surface area contributed by atoms with Crippen LogP contribution in [0.5, 0.6) is 5.75 Å². The first-order chi connectivity index (χ1) is 17.5. The molecule has 5 heterocycles. The quantitative estimate of drug-likeness (QED) is 0.302. The zero-order valence-corrected chi connectivity index (χ0v) is 19.9. The van der Waals surface area contributed by atoms with Gasteiger partial charge in [0.15, 0.2) is 11.6 Å². The minimum Gasteiger partial charge on any atom is -0.492 e. The van der Waals surface area contributed by atoms with Crippen LogP contribution < -0.4 is 20.7 Å². The Morgan fingerprint density at radius 1 is 1.19 bits per heavy atom. The number of allylic oxidation sites excluding steroid dienone is 1. The van der Waals surface area contributed by atoms with Gasteiger partial charge in [-0.25, -0.2) is 9.37 Å². The van der Waals surface area contributed by atoms with Crippen molar-refractivity contribution in [3.8, 4) is 17.0 Å². The number of fused-ring (bicyclic) bond motifs is 3. The number of para-hydroxylation sites is 1. The number of nitrogens with zero attached hydrogens (tertiary/aromatic N) is 2. The van der Waals surface area contributed by atoms with E-state index in [0.717, 1.165) is 29.0 Å². The average molecular weight is 485 g/mol. The van der Waals surface area contributed by atoms with Gasteiger partial charge in [0.25, 0.3) is 5.91 Å². The van der Waals surface area contributed by atoms with E-state index in [9.17, 15) is 9.18 Å². The van der Waals surface area contributed by atoms with Crippen molar-refractivity contribution in [1.29, 1.82) is 0 Å². The second-order valence-electron chi connectivity index (χ2n) is 9.04. The van der Waals surface area contributed by atoms with E-state index < -0.39 is 5.82 Å². The highest BCUT2D eigenvalue weighted by molar-refractivity contribution is 6.08. The van der Waals surface area contributed by atoms with Gasteiger partial charge in [0, 0.05) is 36.0 Å². The first kappa shape index (κ1) is 22.1. The summed E-state index contributed by atoms with van der Waals surface area (Å²) >= 11 is 0. The van der Waals surface area contributed by atoms with Crippen molar-refractivity contribution in [2.24, 2.45) is 0 Å². The van der Waals surface area contributed by atoms with E-state index in [-0.39, 0.29) is 23.6 Å². The van der Waals surface area contributed by atoms with Crippen molar-refractivity contribution in [2.75, 3.05) is 24.3 Å². The number of methoxy groups -OCH3 is 1. The largest absolute Gasteiger partial charge is 0.492 e. The maximum atomic E-state index is 14.5. The molecule has 4 aromatic rings. The minimum absolute atomic E-state index is 0.0407. The Hall–Kier alpha value is -4.40. The third-order valence-corrected chi connectivity index (χ3v) is 6.68. The number of carbonyl (C=O) groups is 1. The van der Waals surface area contributed by atoms with Crippen molar-refractivity contribution < 1.29 is 13.9 Å². The van der Waals surface area contributed by atoms with Crippen LogP contribution in [0, 0.1) is 5.82 Å². The average Bonchev–Trinajstić information content (AvgIpc) is 3.25. The molecule has 4 bridgehead atoms. The topological polar surface area (TPSA) is 104 Å². The number of hydrogen-bond donors (Lipinski definition) is 4. The molecule has 8 nitrogen and oxygen atoms in total. The molecule has 3 aromatic heterocycles. The van der Waals surface area contributed by atoms with Crippen LogP contribution in [0.3, 0.4) is 0 Å². The smallest absolute Gasteiger partial charge is 0.255 e. The molecule has 2 atom stereocenters. The normalized spacial score (nSPS) is 19.5. The standard InChI is InChI=1S/C27H25FN6O2/c1-14-5-3-6-15-13-30-27(35)21-22(15)34-24(25(21)32-19-8-4-7-17(28)26(19)36-2)16-11-12-29-18-9-10-20(31-14)33-23(16)18/h3-5,7-12,14-15,32,34H,6,13H2,1-2H3,(H,30,35)(H,31,33)/b5-3-/t14-,15-/m1/s1. The number of pyridine rings is 2. The maximum absolute atomic E-state index is 14.5. The van der Waals surface area contributed by atoms with E-state index in [4.69, 9.17) is 9.72 Å². The number of halogens is 1. The lowest BCUT2D eigenvalue weighted by Gasteiger charge is -2.23. The zero-order chi connectivity index (χ0) is 24.8. The van der Waals surface area contributed by atoms with Crippen LogP contribution in [0.2, 0.25) is 0 Å². The van der Waals surface area contributed by atoms with Crippen LogP contribution in [0.15, 0.2) is 54.7 Å². The van der Waals surface area contributed by atoms with Gasteiger partial charge in [0.05, 0.1) is 35.3 Å². The molecule has 0 saturated heterocycles. The molecule has 1 amide bonds. The van der Waals surface area contributed by atoms with Crippen LogP contribution in [0.4, 0.5) is 21.6 Å². The molecule has 4 N–H and O–H groups in total. The van der Waals surface area contributed by atoms with Gasteiger partial charge < -0.3 is 25.7 Å². The lowest BCUT2D eigenvalue weighted by Crippen LogP contribution is -2.34. The van der Waals surface area contributed by atoms with Gasteiger partial charge in [-0.15, -0.1) is 0 Å². The fourth-order valence-electron chi connectivity index (χ4n) is 4.98. The highest BCUT2D eigenvalue weighted by atomic mass is 19.1. The van der Waals surface area contributed by atoms with Crippen molar-refractivity contribution in [3.05, 3.63) is 71.8 Å². The molecule has 182 valence electrons. The Bertz CT molecular complexity index is 1530. The lowest BCUT2D eigenvalue weighted by molar-refractivity contribution is 0.0941. The van der Waals surface area contributed by atoms with E-state index >= 15 is 0 Å². The molecular formula is C27H25FN6O2. The van der Waals surface area contributed by atoms with Crippen LogP contribution in [-0.4, -0.2) is 40.6 Å². The molecule has 6 rings (SSSR count). The van der Waals surface area contributed by atoms with Gasteiger partial charge in [0.2, 0.25) is 0 Å². The number of aromatic amines is 1. The molecule has 0 saturated carbocycles. The molecule has 9 heteroatoms. The van der Waals surface area contributed by atoms with Crippen molar-refractivity contribution in [3.63, 3.8) is 0 Å². The highest BCUT2D eigenvalue weighted by Crippen LogP contribution is 2.43. The maximum Gasteiger partial charge on any atom is 0.255 e. The highest BCUT2D eigenvalue weighted by Gasteiger charge is 2.33. The van der Waals surface area contributed by atoms with E-state index in [0.29, 0.717) is 34.7 Å². The number of hydrogen-bond acceptors (Lipinski definition) is 6. The van der Waals surface area contributed by atoms with E-state index in [1.807, 2.05) is 18.2 Å². The number of amides is 1. The van der Waals surface area contributed by atoms with E-state index in [1.165, 1.54) is 13.2 Å². The molecule has 0 unspecified atom stereocenters. The molecule has 2 aliphatic rings. The Morgan fingerprint density at radius 3 is 2.94 bits per heavy atom. The number of aromatic nitrogens is 3. The number of anilines is 3. The van der Waals surface area contributed by atoms with Gasteiger partial charge in [0.1, 0.15) is 11.3 Å². The van der Waals surface area contributed by atoms with E-state index in [1.54, 1.807) is 18.3 Å². The molecule has 0 radical (unpaired) electrons. The van der Waals surface area contributed by atoms with Gasteiger partial charge in [-0.3, -0.25) is 9.78 Å². The second kappa shape index (κ2) is 8.67. The monoisotopic (exact) mass is 484 g/mol. The van der Waals surface area contributed by atoms with Crippen molar-refractivity contribution in [2.45, 2.75) is 25.3 Å². The van der Waals surface area contributed by atoms with Gasteiger partial charge in [-0.2, -0.15) is 0 Å². The molecule has 1 aromatic carbocycles. The summed E-state index contributed by atoms with van der Waals surface area (Å²) in [6, 6.07) is 10.4. The summed E-state index contributed by atoms with van der Waals surface area (Å²) in [5, 5.41) is 9.76. The predicted octanol–water partition coefficient (Wildman–Crippen LogP) is 5.10. The van der Waals surface area contributed by atoms with Gasteiger partial charge >= 0.3 is 0 Å². The number of rotatable bonds is 3. The fourth-order valence-corrected chi connectivity index (χ4v) is 4.98. The zero-order valence-electron chi connectivity index (χ0n) is 19.9. The third-order valence-electron chi connectivity index (χ3n) is 6.68. The summed E-state index contributed by atoms with van der Waals surface area (Å²) in [7, 11) is 1.42. The third kappa shape index (κ3) is 3.64. The molecule has 0 spiro atoms. The summed E-state index contributed by atoms with van der Waals surface area (Å²) in [5.74, 6) is 0.146. The number of benzene rings is 1. The van der Waals surface area contributed by atoms with Crippen LogP contribution >= 0.6 is 0 Å². The number of carbonyl (C=O) groups excluding carboxylic acids is 1.